The number of nitrogens with two attached hydrogens (primary N) is 2. The van der Waals surface area contributed by atoms with E-state index < -0.39 is 18.2 Å². The largest absolute Gasteiger partial charge is 0.410 e. The standard InChI is InChI=1S/C45H58N4O5/c1-27-13-15-29(21-33(27)35-23-31(53-39(46)50)17-19-37(35)44(9,10)25-42(3,4)5)48-41(52)49-30-16-14-28(2)34(22-30)36-24-32(54-40(47)51)18-20-38(36)45(11,12)26-43(6,7)8/h13-24H,25-26H2,1-12H3,(H2,46,50)(H2,47,51)(H2,48,49,52). The number of aryl methyl sites for hydroxylation is 2. The topological polar surface area (TPSA) is 146 Å². The number of urea groups is 1. The Morgan fingerprint density at radius 2 is 0.870 bits per heavy atom. The van der Waals surface area contributed by atoms with Crippen LogP contribution < -0.4 is 31.6 Å². The third kappa shape index (κ3) is 10.9. The number of ether oxygens (including phenoxy) is 2. The molecule has 0 aliphatic carbocycles. The first-order valence-corrected chi connectivity index (χ1v) is 18.4. The molecule has 0 aliphatic heterocycles. The molecule has 0 spiro atoms. The lowest BCUT2D eigenvalue weighted by Crippen LogP contribution is -2.26. The van der Waals surface area contributed by atoms with Crippen molar-refractivity contribution < 1.29 is 23.9 Å². The van der Waals surface area contributed by atoms with Gasteiger partial charge in [-0.05, 0) is 141 Å². The maximum Gasteiger partial charge on any atom is 0.409 e. The van der Waals surface area contributed by atoms with Gasteiger partial charge in [0, 0.05) is 11.4 Å². The number of benzene rings is 4. The van der Waals surface area contributed by atoms with E-state index in [0.717, 1.165) is 57.3 Å². The molecule has 9 nitrogen and oxygen atoms in total. The van der Waals surface area contributed by atoms with Crippen molar-refractivity contribution in [3.05, 3.63) is 95.1 Å². The summed E-state index contributed by atoms with van der Waals surface area (Å²) in [6.07, 6.45) is 0.0300. The van der Waals surface area contributed by atoms with Gasteiger partial charge in [-0.25, -0.2) is 14.4 Å². The van der Waals surface area contributed by atoms with Gasteiger partial charge in [0.1, 0.15) is 11.5 Å². The zero-order valence-electron chi connectivity index (χ0n) is 34.0. The molecule has 9 heteroatoms. The Kier molecular flexibility index (Phi) is 12.0. The Balaban J connectivity index is 1.71. The van der Waals surface area contributed by atoms with E-state index in [0.29, 0.717) is 22.9 Å². The molecule has 6 N–H and O–H groups in total. The summed E-state index contributed by atoms with van der Waals surface area (Å²) in [5.74, 6) is 0.685. The fraction of sp³-hybridized carbons (Fsp3) is 0.400. The molecule has 0 heterocycles. The molecule has 288 valence electrons. The number of nitrogens with one attached hydrogen (secondary N) is 2. The third-order valence-corrected chi connectivity index (χ3v) is 9.39. The molecule has 0 radical (unpaired) electrons. The molecule has 0 unspecified atom stereocenters. The van der Waals surface area contributed by atoms with Gasteiger partial charge >= 0.3 is 18.2 Å². The number of hydrogen-bond acceptors (Lipinski definition) is 5. The number of hydrogen-bond donors (Lipinski definition) is 4. The Labute approximate surface area is 321 Å². The number of anilines is 2. The minimum atomic E-state index is -0.887. The van der Waals surface area contributed by atoms with Crippen LogP contribution in [-0.4, -0.2) is 18.2 Å². The minimum absolute atomic E-state index is 0.0554. The quantitative estimate of drug-likeness (QED) is 0.128. The normalized spacial score (nSPS) is 12.2. The summed E-state index contributed by atoms with van der Waals surface area (Å²) in [4.78, 5) is 37.0. The first-order valence-electron chi connectivity index (χ1n) is 18.4. The molecule has 0 aliphatic rings. The Bertz CT molecular complexity index is 1910. The monoisotopic (exact) mass is 734 g/mol. The highest BCUT2D eigenvalue weighted by Crippen LogP contribution is 2.45. The van der Waals surface area contributed by atoms with Gasteiger partial charge in [-0.2, -0.15) is 0 Å². The fourth-order valence-corrected chi connectivity index (χ4v) is 8.15. The number of amides is 4. The molecule has 4 aromatic carbocycles. The molecule has 54 heavy (non-hydrogen) atoms. The Morgan fingerprint density at radius 1 is 0.519 bits per heavy atom. The molecular formula is C45H58N4O5. The second kappa shape index (κ2) is 15.6. The molecule has 4 aromatic rings. The predicted octanol–water partition coefficient (Wildman–Crippen LogP) is 11.6. The van der Waals surface area contributed by atoms with Crippen molar-refractivity contribution in [2.24, 2.45) is 22.3 Å². The van der Waals surface area contributed by atoms with Crippen LogP contribution >= 0.6 is 0 Å². The van der Waals surface area contributed by atoms with E-state index in [1.165, 1.54) is 0 Å². The zero-order chi connectivity index (χ0) is 40.4. The van der Waals surface area contributed by atoms with Crippen LogP contribution in [0.5, 0.6) is 11.5 Å². The molecule has 0 saturated carbocycles. The number of rotatable bonds is 10. The summed E-state index contributed by atoms with van der Waals surface area (Å²) in [5, 5.41) is 6.02. The van der Waals surface area contributed by atoms with Crippen LogP contribution in [0.2, 0.25) is 0 Å². The lowest BCUT2D eigenvalue weighted by molar-refractivity contribution is 0.209. The highest BCUT2D eigenvalue weighted by Gasteiger charge is 2.32. The number of carbonyl (C=O) groups excluding carboxylic acids is 3. The van der Waals surface area contributed by atoms with E-state index in [-0.39, 0.29) is 21.7 Å². The van der Waals surface area contributed by atoms with Gasteiger partial charge in [0.2, 0.25) is 0 Å². The maximum atomic E-state index is 13.6. The minimum Gasteiger partial charge on any atom is -0.410 e. The van der Waals surface area contributed by atoms with E-state index in [4.69, 9.17) is 20.9 Å². The highest BCUT2D eigenvalue weighted by atomic mass is 16.6. The van der Waals surface area contributed by atoms with Crippen LogP contribution in [0.15, 0.2) is 72.8 Å². The summed E-state index contributed by atoms with van der Waals surface area (Å²) in [6.45, 7) is 26.2. The van der Waals surface area contributed by atoms with Crippen LogP contribution in [0.25, 0.3) is 22.3 Å². The molecule has 4 rings (SSSR count). The summed E-state index contributed by atoms with van der Waals surface area (Å²) < 4.78 is 10.6. The van der Waals surface area contributed by atoms with Crippen molar-refractivity contribution in [1.29, 1.82) is 0 Å². The fourth-order valence-electron chi connectivity index (χ4n) is 8.15. The van der Waals surface area contributed by atoms with Crippen molar-refractivity contribution in [2.45, 2.75) is 107 Å². The average molecular weight is 735 g/mol. The Hall–Kier alpha value is -5.31. The number of primary amides is 2. The average Bonchev–Trinajstić information content (AvgIpc) is 3.00. The van der Waals surface area contributed by atoms with Crippen molar-refractivity contribution in [2.75, 3.05) is 10.6 Å². The zero-order valence-corrected chi connectivity index (χ0v) is 34.0. The van der Waals surface area contributed by atoms with Gasteiger partial charge in [0.15, 0.2) is 0 Å². The van der Waals surface area contributed by atoms with E-state index in [1.807, 2.05) is 74.5 Å². The summed E-state index contributed by atoms with van der Waals surface area (Å²) in [6, 6.07) is 22.3. The highest BCUT2D eigenvalue weighted by molar-refractivity contribution is 6.01. The third-order valence-electron chi connectivity index (χ3n) is 9.39. The van der Waals surface area contributed by atoms with Gasteiger partial charge in [-0.1, -0.05) is 93.5 Å². The Morgan fingerprint density at radius 3 is 1.19 bits per heavy atom. The molecule has 4 amide bonds. The van der Waals surface area contributed by atoms with Crippen LogP contribution in [0.3, 0.4) is 0 Å². The summed E-state index contributed by atoms with van der Waals surface area (Å²) in [5.41, 5.74) is 19.3. The van der Waals surface area contributed by atoms with Crippen LogP contribution in [0.1, 0.15) is 104 Å². The smallest absolute Gasteiger partial charge is 0.409 e. The van der Waals surface area contributed by atoms with Crippen molar-refractivity contribution >= 4 is 29.6 Å². The lowest BCUT2D eigenvalue weighted by Gasteiger charge is -2.35. The summed E-state index contributed by atoms with van der Waals surface area (Å²) >= 11 is 0. The van der Waals surface area contributed by atoms with Gasteiger partial charge in [0.25, 0.3) is 0 Å². The predicted molar refractivity (Wildman–Crippen MR) is 220 cm³/mol. The van der Waals surface area contributed by atoms with E-state index in [2.05, 4.69) is 79.9 Å². The molecule has 0 bridgehead atoms. The van der Waals surface area contributed by atoms with Gasteiger partial charge in [-0.15, -0.1) is 0 Å². The SMILES string of the molecule is Cc1ccc(NC(=O)Nc2ccc(C)c(-c3cc(OC(N)=O)ccc3C(C)(C)CC(C)(C)C)c2)cc1-c1cc(OC(N)=O)ccc1C(C)(C)CC(C)(C)C. The van der Waals surface area contributed by atoms with E-state index in [9.17, 15) is 14.4 Å². The van der Waals surface area contributed by atoms with E-state index in [1.54, 1.807) is 12.1 Å². The van der Waals surface area contributed by atoms with Gasteiger partial charge in [0.05, 0.1) is 0 Å². The second-order valence-corrected chi connectivity index (χ2v) is 18.1. The van der Waals surface area contributed by atoms with Crippen molar-refractivity contribution in [1.82, 2.24) is 0 Å². The maximum absolute atomic E-state index is 13.6. The van der Waals surface area contributed by atoms with Crippen LogP contribution in [0, 0.1) is 24.7 Å². The lowest BCUT2D eigenvalue weighted by atomic mass is 9.70. The van der Waals surface area contributed by atoms with Gasteiger partial charge < -0.3 is 31.6 Å². The summed E-state index contributed by atoms with van der Waals surface area (Å²) in [7, 11) is 0. The van der Waals surface area contributed by atoms with Crippen molar-refractivity contribution in [3.8, 4) is 33.8 Å². The molecule has 0 atom stereocenters. The number of carbonyl (C=O) groups is 3. The second-order valence-electron chi connectivity index (χ2n) is 18.1. The van der Waals surface area contributed by atoms with Crippen molar-refractivity contribution in [3.63, 3.8) is 0 Å². The molecule has 0 saturated heterocycles. The molecule has 0 fully saturated rings. The van der Waals surface area contributed by atoms with Gasteiger partial charge in [-0.3, -0.25) is 0 Å². The van der Waals surface area contributed by atoms with Crippen LogP contribution in [-0.2, 0) is 10.8 Å². The first-order chi connectivity index (χ1) is 24.8. The molecular weight excluding hydrogens is 677 g/mol. The van der Waals surface area contributed by atoms with Crippen LogP contribution in [0.4, 0.5) is 25.8 Å². The van der Waals surface area contributed by atoms with E-state index >= 15 is 0 Å². The first kappa shape index (κ1) is 41.4. The molecule has 0 aromatic heterocycles.